The molecule has 1 aromatic rings. The molecule has 16 heavy (non-hydrogen) atoms. The molecule has 0 radical (unpaired) electrons. The lowest BCUT2D eigenvalue weighted by atomic mass is 10.2. The highest BCUT2D eigenvalue weighted by Gasteiger charge is 2.19. The molecule has 1 aliphatic rings. The molecule has 88 valence electrons. The van der Waals surface area contributed by atoms with Crippen LogP contribution < -0.4 is 11.1 Å². The van der Waals surface area contributed by atoms with Gasteiger partial charge in [0.1, 0.15) is 0 Å². The van der Waals surface area contributed by atoms with Crippen LogP contribution in [0, 0.1) is 5.92 Å². The minimum atomic E-state index is 0.823. The maximum absolute atomic E-state index is 5.78. The van der Waals surface area contributed by atoms with Crippen LogP contribution in [-0.2, 0) is 6.54 Å². The number of nitrogen functional groups attached to an aromatic ring is 1. The van der Waals surface area contributed by atoms with Crippen molar-refractivity contribution in [3.05, 3.63) is 28.2 Å². The van der Waals surface area contributed by atoms with Crippen LogP contribution in [0.25, 0.3) is 0 Å². The summed E-state index contributed by atoms with van der Waals surface area (Å²) in [5.41, 5.74) is 7.85. The molecule has 1 aromatic carbocycles. The Morgan fingerprint density at radius 3 is 2.81 bits per heavy atom. The standard InChI is InChI=1S/C13H19BrN2/c14-12-6-11(7-13(15)8-12)9-16-5-1-2-10-3-4-10/h6-8,10,16H,1-5,9,15H2. The van der Waals surface area contributed by atoms with E-state index in [1.807, 2.05) is 12.1 Å². The van der Waals surface area contributed by atoms with Crippen LogP contribution in [0.3, 0.4) is 0 Å². The number of halogens is 1. The van der Waals surface area contributed by atoms with E-state index in [4.69, 9.17) is 5.73 Å². The summed E-state index contributed by atoms with van der Waals surface area (Å²) >= 11 is 3.46. The number of nitrogens with two attached hydrogens (primary N) is 1. The number of nitrogens with one attached hydrogen (secondary N) is 1. The molecule has 1 fully saturated rings. The second kappa shape index (κ2) is 5.69. The van der Waals surface area contributed by atoms with Gasteiger partial charge in [-0.15, -0.1) is 0 Å². The zero-order valence-corrected chi connectivity index (χ0v) is 11.1. The van der Waals surface area contributed by atoms with Gasteiger partial charge in [0.15, 0.2) is 0 Å². The Labute approximate surface area is 106 Å². The Balaban J connectivity index is 1.67. The average Bonchev–Trinajstić information content (AvgIpc) is 2.99. The van der Waals surface area contributed by atoms with E-state index < -0.39 is 0 Å². The van der Waals surface area contributed by atoms with Gasteiger partial charge in [0.2, 0.25) is 0 Å². The van der Waals surface area contributed by atoms with Gasteiger partial charge >= 0.3 is 0 Å². The van der Waals surface area contributed by atoms with E-state index in [0.717, 1.165) is 29.2 Å². The van der Waals surface area contributed by atoms with Crippen LogP contribution in [0.15, 0.2) is 22.7 Å². The summed E-state index contributed by atoms with van der Waals surface area (Å²) in [6, 6.07) is 6.07. The van der Waals surface area contributed by atoms with Crippen molar-refractivity contribution in [3.63, 3.8) is 0 Å². The SMILES string of the molecule is Nc1cc(Br)cc(CNCCCC2CC2)c1. The third kappa shape index (κ3) is 4.14. The van der Waals surface area contributed by atoms with Crippen LogP contribution in [0.4, 0.5) is 5.69 Å². The number of hydrogen-bond donors (Lipinski definition) is 2. The van der Waals surface area contributed by atoms with Gasteiger partial charge in [0, 0.05) is 16.7 Å². The Morgan fingerprint density at radius 2 is 2.12 bits per heavy atom. The van der Waals surface area contributed by atoms with Gasteiger partial charge in [0.05, 0.1) is 0 Å². The van der Waals surface area contributed by atoms with Crippen LogP contribution >= 0.6 is 15.9 Å². The summed E-state index contributed by atoms with van der Waals surface area (Å²) in [7, 11) is 0. The highest BCUT2D eigenvalue weighted by atomic mass is 79.9. The molecule has 2 nitrogen and oxygen atoms in total. The Morgan fingerprint density at radius 1 is 1.31 bits per heavy atom. The van der Waals surface area contributed by atoms with E-state index in [9.17, 15) is 0 Å². The fourth-order valence-electron chi connectivity index (χ4n) is 1.93. The summed E-state index contributed by atoms with van der Waals surface area (Å²) in [5, 5.41) is 3.46. The molecule has 0 heterocycles. The summed E-state index contributed by atoms with van der Waals surface area (Å²) < 4.78 is 1.06. The summed E-state index contributed by atoms with van der Waals surface area (Å²) in [5.74, 6) is 1.04. The molecule has 0 atom stereocenters. The van der Waals surface area contributed by atoms with Gasteiger partial charge in [-0.3, -0.25) is 0 Å². The van der Waals surface area contributed by atoms with Crippen molar-refractivity contribution in [1.29, 1.82) is 0 Å². The van der Waals surface area contributed by atoms with E-state index in [1.54, 1.807) is 0 Å². The van der Waals surface area contributed by atoms with Gasteiger partial charge in [-0.1, -0.05) is 28.8 Å². The van der Waals surface area contributed by atoms with Crippen molar-refractivity contribution in [1.82, 2.24) is 5.32 Å². The first kappa shape index (κ1) is 11.9. The molecule has 1 saturated carbocycles. The van der Waals surface area contributed by atoms with Crippen molar-refractivity contribution >= 4 is 21.6 Å². The zero-order valence-electron chi connectivity index (χ0n) is 9.51. The van der Waals surface area contributed by atoms with Crippen LogP contribution in [-0.4, -0.2) is 6.54 Å². The van der Waals surface area contributed by atoms with Crippen LogP contribution in [0.1, 0.15) is 31.2 Å². The van der Waals surface area contributed by atoms with E-state index in [2.05, 4.69) is 27.3 Å². The van der Waals surface area contributed by atoms with Gasteiger partial charge in [-0.2, -0.15) is 0 Å². The second-order valence-corrected chi connectivity index (χ2v) is 5.57. The first-order valence-corrected chi connectivity index (χ1v) is 6.79. The summed E-state index contributed by atoms with van der Waals surface area (Å²) in [6.07, 6.45) is 5.62. The lowest BCUT2D eigenvalue weighted by Crippen LogP contribution is -2.14. The number of rotatable bonds is 6. The van der Waals surface area contributed by atoms with Crippen molar-refractivity contribution in [2.24, 2.45) is 5.92 Å². The molecule has 2 rings (SSSR count). The van der Waals surface area contributed by atoms with Gasteiger partial charge in [-0.25, -0.2) is 0 Å². The van der Waals surface area contributed by atoms with Crippen LogP contribution in [0.2, 0.25) is 0 Å². The highest BCUT2D eigenvalue weighted by Crippen LogP contribution is 2.33. The van der Waals surface area contributed by atoms with Gasteiger partial charge < -0.3 is 11.1 Å². The Hall–Kier alpha value is -0.540. The summed E-state index contributed by atoms with van der Waals surface area (Å²) in [4.78, 5) is 0. The molecule has 3 heteroatoms. The van der Waals surface area contributed by atoms with E-state index in [-0.39, 0.29) is 0 Å². The predicted octanol–water partition coefficient (Wildman–Crippen LogP) is 3.31. The Kier molecular flexibility index (Phi) is 4.24. The number of hydrogen-bond acceptors (Lipinski definition) is 2. The highest BCUT2D eigenvalue weighted by molar-refractivity contribution is 9.10. The van der Waals surface area contributed by atoms with Crippen molar-refractivity contribution in [2.75, 3.05) is 12.3 Å². The molecule has 0 unspecified atom stereocenters. The largest absolute Gasteiger partial charge is 0.399 e. The lowest BCUT2D eigenvalue weighted by Gasteiger charge is -2.06. The molecule has 0 bridgehead atoms. The van der Waals surface area contributed by atoms with Crippen LogP contribution in [0.5, 0.6) is 0 Å². The maximum Gasteiger partial charge on any atom is 0.0328 e. The molecule has 0 aromatic heterocycles. The number of anilines is 1. The predicted molar refractivity (Wildman–Crippen MR) is 72.2 cm³/mol. The third-order valence-corrected chi connectivity index (χ3v) is 3.43. The fourth-order valence-corrected chi connectivity index (χ4v) is 2.49. The lowest BCUT2D eigenvalue weighted by molar-refractivity contribution is 0.594. The minimum absolute atomic E-state index is 0.823. The smallest absolute Gasteiger partial charge is 0.0328 e. The quantitative estimate of drug-likeness (QED) is 0.621. The van der Waals surface area contributed by atoms with E-state index >= 15 is 0 Å². The number of benzene rings is 1. The van der Waals surface area contributed by atoms with Crippen molar-refractivity contribution in [2.45, 2.75) is 32.2 Å². The minimum Gasteiger partial charge on any atom is -0.399 e. The molecule has 0 spiro atoms. The van der Waals surface area contributed by atoms with Gasteiger partial charge in [-0.05, 0) is 49.1 Å². The second-order valence-electron chi connectivity index (χ2n) is 4.66. The molecular weight excluding hydrogens is 264 g/mol. The molecular formula is C13H19BrN2. The monoisotopic (exact) mass is 282 g/mol. The van der Waals surface area contributed by atoms with Crippen molar-refractivity contribution in [3.8, 4) is 0 Å². The zero-order chi connectivity index (χ0) is 11.4. The Bertz CT molecular complexity index is 328. The molecule has 0 amide bonds. The first-order chi connectivity index (χ1) is 7.74. The average molecular weight is 283 g/mol. The third-order valence-electron chi connectivity index (χ3n) is 2.97. The first-order valence-electron chi connectivity index (χ1n) is 6.00. The molecule has 3 N–H and O–H groups in total. The van der Waals surface area contributed by atoms with E-state index in [1.165, 1.54) is 31.2 Å². The topological polar surface area (TPSA) is 38.0 Å². The normalized spacial score (nSPS) is 15.3. The maximum atomic E-state index is 5.78. The van der Waals surface area contributed by atoms with E-state index in [0.29, 0.717) is 0 Å². The molecule has 0 aliphatic heterocycles. The summed E-state index contributed by atoms with van der Waals surface area (Å²) in [6.45, 7) is 2.03. The fraction of sp³-hybridized carbons (Fsp3) is 0.538. The molecule has 0 saturated heterocycles. The van der Waals surface area contributed by atoms with Gasteiger partial charge in [0.25, 0.3) is 0 Å². The molecule has 1 aliphatic carbocycles. The van der Waals surface area contributed by atoms with Crippen molar-refractivity contribution < 1.29 is 0 Å².